The van der Waals surface area contributed by atoms with Crippen molar-refractivity contribution in [3.8, 4) is 0 Å². The van der Waals surface area contributed by atoms with Gasteiger partial charge in [0.2, 0.25) is 0 Å². The van der Waals surface area contributed by atoms with Gasteiger partial charge in [-0.15, -0.1) is 0 Å². The van der Waals surface area contributed by atoms with Crippen LogP contribution in [0.1, 0.15) is 59.8 Å². The molecule has 2 N–H and O–H groups in total. The number of ether oxygens (including phenoxy) is 3. The molecule has 0 aliphatic carbocycles. The highest BCUT2D eigenvalue weighted by Crippen LogP contribution is 2.20. The van der Waals surface area contributed by atoms with E-state index in [2.05, 4.69) is 10.6 Å². The Morgan fingerprint density at radius 2 is 2.07 bits per heavy atom. The average Bonchev–Trinajstić information content (AvgIpc) is 3.18. The van der Waals surface area contributed by atoms with E-state index in [0.717, 1.165) is 70.9 Å². The Morgan fingerprint density at radius 1 is 1.24 bits per heavy atom. The van der Waals surface area contributed by atoms with Crippen LogP contribution in [0.3, 0.4) is 0 Å². The summed E-state index contributed by atoms with van der Waals surface area (Å²) in [6.45, 7) is 12.9. The molecule has 168 valence electrons. The van der Waals surface area contributed by atoms with Crippen molar-refractivity contribution in [3.63, 3.8) is 0 Å². The van der Waals surface area contributed by atoms with E-state index in [4.69, 9.17) is 19.2 Å². The fourth-order valence-electron chi connectivity index (χ4n) is 3.46. The quantitative estimate of drug-likeness (QED) is 0.362. The van der Waals surface area contributed by atoms with E-state index in [1.807, 2.05) is 32.6 Å². The molecule has 2 fully saturated rings. The lowest BCUT2D eigenvalue weighted by Crippen LogP contribution is -2.48. The van der Waals surface area contributed by atoms with Gasteiger partial charge in [-0.2, -0.15) is 0 Å². The second kappa shape index (κ2) is 12.2. The molecule has 2 unspecified atom stereocenters. The van der Waals surface area contributed by atoms with E-state index in [-0.39, 0.29) is 18.2 Å². The summed E-state index contributed by atoms with van der Waals surface area (Å²) in [6.07, 6.45) is 5.02. The zero-order valence-electron chi connectivity index (χ0n) is 18.7. The molecule has 0 aromatic heterocycles. The highest BCUT2D eigenvalue weighted by molar-refractivity contribution is 5.79. The molecule has 0 bridgehead atoms. The van der Waals surface area contributed by atoms with E-state index in [0.29, 0.717) is 13.2 Å². The Hall–Kier alpha value is -1.54. The van der Waals surface area contributed by atoms with E-state index in [1.54, 1.807) is 0 Å². The van der Waals surface area contributed by atoms with Gasteiger partial charge in [0.15, 0.2) is 5.96 Å². The number of piperidine rings is 1. The van der Waals surface area contributed by atoms with Crippen molar-refractivity contribution in [1.82, 2.24) is 15.5 Å². The topological polar surface area (TPSA) is 84.4 Å². The van der Waals surface area contributed by atoms with Crippen LogP contribution in [0, 0.1) is 0 Å². The second-order valence-electron chi connectivity index (χ2n) is 8.68. The highest BCUT2D eigenvalue weighted by Gasteiger charge is 2.30. The molecular weight excluding hydrogens is 372 g/mol. The van der Waals surface area contributed by atoms with Crippen LogP contribution in [0.2, 0.25) is 0 Å². The number of hydrogen-bond donors (Lipinski definition) is 2. The molecule has 2 atom stereocenters. The first-order valence-electron chi connectivity index (χ1n) is 11.1. The zero-order valence-corrected chi connectivity index (χ0v) is 18.7. The Labute approximate surface area is 175 Å². The standard InChI is InChI=1S/C21H40N4O4/c1-5-22-19(23-11-8-13-28-18-10-14-27-16-18)24-15-17-9-6-7-12-25(17)20(26)29-21(2,3)4/h17-18H,5-16H2,1-4H3,(H2,22,23,24). The van der Waals surface area contributed by atoms with Crippen molar-refractivity contribution >= 4 is 12.1 Å². The first kappa shape index (κ1) is 23.7. The normalized spacial score (nSPS) is 23.2. The van der Waals surface area contributed by atoms with Crippen LogP contribution in [0.15, 0.2) is 4.99 Å². The van der Waals surface area contributed by atoms with Gasteiger partial charge in [0.25, 0.3) is 0 Å². The summed E-state index contributed by atoms with van der Waals surface area (Å²) in [5.41, 5.74) is -0.481. The molecule has 8 heteroatoms. The van der Waals surface area contributed by atoms with Gasteiger partial charge in [-0.3, -0.25) is 4.99 Å². The van der Waals surface area contributed by atoms with Crippen LogP contribution in [0.4, 0.5) is 4.79 Å². The number of hydrogen-bond acceptors (Lipinski definition) is 5. The molecule has 0 aromatic rings. The number of rotatable bonds is 8. The van der Waals surface area contributed by atoms with Crippen molar-refractivity contribution in [2.45, 2.75) is 77.5 Å². The molecule has 2 aliphatic heterocycles. The minimum Gasteiger partial charge on any atom is -0.444 e. The number of likely N-dealkylation sites (tertiary alicyclic amines) is 1. The van der Waals surface area contributed by atoms with Gasteiger partial charge < -0.3 is 29.7 Å². The minimum atomic E-state index is -0.481. The van der Waals surface area contributed by atoms with Gasteiger partial charge >= 0.3 is 6.09 Å². The molecule has 0 aromatic carbocycles. The van der Waals surface area contributed by atoms with Crippen molar-refractivity contribution in [3.05, 3.63) is 0 Å². The van der Waals surface area contributed by atoms with Crippen LogP contribution >= 0.6 is 0 Å². The van der Waals surface area contributed by atoms with Gasteiger partial charge in [0.05, 0.1) is 25.3 Å². The van der Waals surface area contributed by atoms with E-state index >= 15 is 0 Å². The summed E-state index contributed by atoms with van der Waals surface area (Å²) in [5.74, 6) is 0.784. The van der Waals surface area contributed by atoms with Crippen molar-refractivity contribution in [2.75, 3.05) is 46.0 Å². The highest BCUT2D eigenvalue weighted by atomic mass is 16.6. The Morgan fingerprint density at radius 3 is 2.76 bits per heavy atom. The van der Waals surface area contributed by atoms with Crippen LogP contribution in [0.5, 0.6) is 0 Å². The number of carbonyl (C=O) groups is 1. The number of amides is 1. The molecule has 1 amide bonds. The predicted octanol–water partition coefficient (Wildman–Crippen LogP) is 2.53. The van der Waals surface area contributed by atoms with Gasteiger partial charge in [-0.1, -0.05) is 0 Å². The lowest BCUT2D eigenvalue weighted by atomic mass is 10.0. The van der Waals surface area contributed by atoms with Gasteiger partial charge in [-0.05, 0) is 59.8 Å². The van der Waals surface area contributed by atoms with Crippen molar-refractivity contribution in [1.29, 1.82) is 0 Å². The maximum Gasteiger partial charge on any atom is 0.410 e. The molecule has 2 saturated heterocycles. The number of nitrogens with zero attached hydrogens (tertiary/aromatic N) is 2. The van der Waals surface area contributed by atoms with Crippen molar-refractivity contribution in [2.24, 2.45) is 4.99 Å². The van der Waals surface area contributed by atoms with Gasteiger partial charge in [0, 0.05) is 32.8 Å². The lowest BCUT2D eigenvalue weighted by molar-refractivity contribution is 0.0109. The van der Waals surface area contributed by atoms with Crippen LogP contribution in [-0.2, 0) is 14.2 Å². The van der Waals surface area contributed by atoms with Crippen LogP contribution in [-0.4, -0.2) is 80.7 Å². The monoisotopic (exact) mass is 412 g/mol. The number of nitrogens with one attached hydrogen (secondary N) is 2. The Bertz CT molecular complexity index is 515. The maximum absolute atomic E-state index is 12.5. The summed E-state index contributed by atoms with van der Waals surface area (Å²) in [4.78, 5) is 19.1. The predicted molar refractivity (Wildman–Crippen MR) is 114 cm³/mol. The third kappa shape index (κ3) is 9.21. The molecule has 0 radical (unpaired) electrons. The summed E-state index contributed by atoms with van der Waals surface area (Å²) in [7, 11) is 0. The Kier molecular flexibility index (Phi) is 10.0. The van der Waals surface area contributed by atoms with E-state index < -0.39 is 5.60 Å². The largest absolute Gasteiger partial charge is 0.444 e. The van der Waals surface area contributed by atoms with Gasteiger partial charge in [0.1, 0.15) is 5.60 Å². The van der Waals surface area contributed by atoms with E-state index in [1.165, 1.54) is 0 Å². The maximum atomic E-state index is 12.5. The number of carbonyl (C=O) groups excluding carboxylic acids is 1. The fourth-order valence-corrected chi connectivity index (χ4v) is 3.46. The number of guanidine groups is 1. The third-order valence-corrected chi connectivity index (χ3v) is 4.91. The molecule has 2 rings (SSSR count). The molecule has 29 heavy (non-hydrogen) atoms. The number of aliphatic imine (C=N–C) groups is 1. The van der Waals surface area contributed by atoms with Crippen LogP contribution < -0.4 is 10.6 Å². The third-order valence-electron chi connectivity index (χ3n) is 4.91. The molecule has 0 saturated carbocycles. The molecule has 0 spiro atoms. The fraction of sp³-hybridized carbons (Fsp3) is 0.905. The summed E-state index contributed by atoms with van der Waals surface area (Å²) < 4.78 is 16.7. The molecule has 2 heterocycles. The first-order valence-corrected chi connectivity index (χ1v) is 11.1. The molecule has 8 nitrogen and oxygen atoms in total. The smallest absolute Gasteiger partial charge is 0.410 e. The summed E-state index contributed by atoms with van der Waals surface area (Å²) >= 11 is 0. The SMILES string of the molecule is CCNC(=NCC1CCCCN1C(=O)OC(C)(C)C)NCCCOC1CCOC1. The van der Waals surface area contributed by atoms with E-state index in [9.17, 15) is 4.79 Å². The molecule has 2 aliphatic rings. The summed E-state index contributed by atoms with van der Waals surface area (Å²) in [5, 5.41) is 6.64. The average molecular weight is 413 g/mol. The summed E-state index contributed by atoms with van der Waals surface area (Å²) in [6, 6.07) is 0.0831. The zero-order chi connectivity index (χ0) is 21.1. The minimum absolute atomic E-state index is 0.0831. The van der Waals surface area contributed by atoms with Gasteiger partial charge in [-0.25, -0.2) is 4.79 Å². The second-order valence-corrected chi connectivity index (χ2v) is 8.68. The Balaban J connectivity index is 1.78. The van der Waals surface area contributed by atoms with Crippen LogP contribution in [0.25, 0.3) is 0 Å². The lowest BCUT2D eigenvalue weighted by Gasteiger charge is -2.36. The first-order chi connectivity index (χ1) is 13.9. The molecular formula is C21H40N4O4. The van der Waals surface area contributed by atoms with Crippen molar-refractivity contribution < 1.29 is 19.0 Å².